The third kappa shape index (κ3) is 4.27. The van der Waals surface area contributed by atoms with Crippen molar-refractivity contribution in [3.63, 3.8) is 0 Å². The molecule has 1 fully saturated rings. The maximum Gasteiger partial charge on any atom is 0.134 e. The van der Waals surface area contributed by atoms with E-state index in [2.05, 4.69) is 23.1 Å². The molecule has 0 spiro atoms. The number of morpholine rings is 1. The molecule has 2 aliphatic heterocycles. The Morgan fingerprint density at radius 2 is 1.69 bits per heavy atom. The number of hydrogen-bond donors (Lipinski definition) is 0. The summed E-state index contributed by atoms with van der Waals surface area (Å²) in [6, 6.07) is 24.8. The van der Waals surface area contributed by atoms with E-state index >= 15 is 0 Å². The van der Waals surface area contributed by atoms with Crippen LogP contribution in [0, 0.1) is 5.82 Å². The summed E-state index contributed by atoms with van der Waals surface area (Å²) in [5.41, 5.74) is 4.91. The molecule has 1 unspecified atom stereocenters. The molecule has 0 N–H and O–H groups in total. The van der Waals surface area contributed by atoms with Gasteiger partial charge in [-0.3, -0.25) is 5.01 Å². The van der Waals surface area contributed by atoms with E-state index in [4.69, 9.17) is 19.6 Å². The van der Waals surface area contributed by atoms with Gasteiger partial charge in [-0.15, -0.1) is 0 Å². The van der Waals surface area contributed by atoms with Crippen LogP contribution in [0.1, 0.15) is 23.6 Å². The number of aromatic nitrogens is 1. The number of hydrogen-bond acceptors (Lipinski definition) is 6. The van der Waals surface area contributed by atoms with E-state index < -0.39 is 0 Å². The fourth-order valence-electron chi connectivity index (χ4n) is 4.94. The Labute approximate surface area is 209 Å². The summed E-state index contributed by atoms with van der Waals surface area (Å²) in [6.07, 6.45) is 0.696. The topological polar surface area (TPSA) is 50.2 Å². The number of benzene rings is 3. The average molecular weight is 483 g/mol. The zero-order valence-corrected chi connectivity index (χ0v) is 20.1. The maximum atomic E-state index is 13.8. The summed E-state index contributed by atoms with van der Waals surface area (Å²) in [6.45, 7) is 2.92. The van der Waals surface area contributed by atoms with E-state index in [9.17, 15) is 4.39 Å². The Morgan fingerprint density at radius 1 is 0.944 bits per heavy atom. The van der Waals surface area contributed by atoms with Gasteiger partial charge in [0.25, 0.3) is 0 Å². The van der Waals surface area contributed by atoms with Gasteiger partial charge in [-0.05, 0) is 66.2 Å². The molecule has 0 saturated carbocycles. The summed E-state index contributed by atoms with van der Waals surface area (Å²) < 4.78 is 24.8. The predicted octanol–water partition coefficient (Wildman–Crippen LogP) is 5.57. The van der Waals surface area contributed by atoms with Crippen molar-refractivity contribution in [1.29, 1.82) is 0 Å². The Bertz CT molecular complexity index is 1400. The van der Waals surface area contributed by atoms with Gasteiger partial charge in [0.2, 0.25) is 0 Å². The molecule has 36 heavy (non-hydrogen) atoms. The largest absolute Gasteiger partial charge is 0.497 e. The molecule has 2 aliphatic rings. The van der Waals surface area contributed by atoms with Gasteiger partial charge in [-0.1, -0.05) is 18.2 Å². The van der Waals surface area contributed by atoms with Crippen LogP contribution in [0.15, 0.2) is 84.0 Å². The van der Waals surface area contributed by atoms with Crippen molar-refractivity contribution in [3.8, 4) is 5.75 Å². The highest BCUT2D eigenvalue weighted by molar-refractivity contribution is 6.03. The van der Waals surface area contributed by atoms with E-state index in [1.165, 1.54) is 12.1 Å². The molecule has 1 saturated heterocycles. The smallest absolute Gasteiger partial charge is 0.134 e. The van der Waals surface area contributed by atoms with Gasteiger partial charge in [0.15, 0.2) is 0 Å². The number of halogens is 1. The first-order chi connectivity index (χ1) is 17.7. The quantitative estimate of drug-likeness (QED) is 0.372. The Morgan fingerprint density at radius 3 is 2.44 bits per heavy atom. The highest BCUT2D eigenvalue weighted by Gasteiger charge is 2.34. The van der Waals surface area contributed by atoms with Gasteiger partial charge in [0.05, 0.1) is 43.3 Å². The van der Waals surface area contributed by atoms with E-state index in [0.29, 0.717) is 19.6 Å². The summed E-state index contributed by atoms with van der Waals surface area (Å²) in [4.78, 5) is 7.43. The second-order valence-electron chi connectivity index (χ2n) is 9.01. The minimum Gasteiger partial charge on any atom is -0.497 e. The fourth-order valence-corrected chi connectivity index (χ4v) is 4.94. The molecular formula is C29H27FN4O2. The highest BCUT2D eigenvalue weighted by Crippen LogP contribution is 2.41. The van der Waals surface area contributed by atoms with Crippen molar-refractivity contribution >= 4 is 28.1 Å². The lowest BCUT2D eigenvalue weighted by Crippen LogP contribution is -2.38. The number of rotatable bonds is 5. The first kappa shape index (κ1) is 22.5. The number of para-hydroxylation sites is 1. The van der Waals surface area contributed by atoms with Crippen molar-refractivity contribution < 1.29 is 13.9 Å². The fraction of sp³-hybridized carbons (Fsp3) is 0.241. The average Bonchev–Trinajstić information content (AvgIpc) is 3.38. The molecule has 4 aromatic rings. The molecule has 0 amide bonds. The summed E-state index contributed by atoms with van der Waals surface area (Å²) >= 11 is 0. The van der Waals surface area contributed by atoms with E-state index in [1.54, 1.807) is 19.2 Å². The van der Waals surface area contributed by atoms with Crippen LogP contribution in [-0.2, 0) is 4.74 Å². The van der Waals surface area contributed by atoms with Crippen molar-refractivity contribution in [2.24, 2.45) is 5.10 Å². The molecule has 0 radical (unpaired) electrons. The van der Waals surface area contributed by atoms with E-state index in [-0.39, 0.29) is 11.9 Å². The van der Waals surface area contributed by atoms with Crippen LogP contribution in [0.25, 0.3) is 10.9 Å². The minimum atomic E-state index is -0.268. The van der Waals surface area contributed by atoms with Crippen molar-refractivity contribution in [2.75, 3.05) is 43.3 Å². The normalized spacial score (nSPS) is 17.9. The number of pyridine rings is 1. The van der Waals surface area contributed by atoms with Crippen LogP contribution in [0.3, 0.4) is 0 Å². The lowest BCUT2D eigenvalue weighted by Gasteiger charge is -2.33. The number of methoxy groups -OCH3 is 1. The highest BCUT2D eigenvalue weighted by atomic mass is 19.1. The lowest BCUT2D eigenvalue weighted by molar-refractivity contribution is 0.122. The predicted molar refractivity (Wildman–Crippen MR) is 141 cm³/mol. The van der Waals surface area contributed by atoms with Gasteiger partial charge in [-0.25, -0.2) is 9.37 Å². The molecule has 0 bridgehead atoms. The van der Waals surface area contributed by atoms with Crippen molar-refractivity contribution in [3.05, 3.63) is 95.8 Å². The molecule has 6 nitrogen and oxygen atoms in total. The zero-order valence-electron chi connectivity index (χ0n) is 20.1. The third-order valence-electron chi connectivity index (χ3n) is 6.83. The monoisotopic (exact) mass is 482 g/mol. The molecule has 3 aromatic carbocycles. The number of hydrazone groups is 1. The summed E-state index contributed by atoms with van der Waals surface area (Å²) in [5.74, 6) is 1.49. The molecule has 0 aliphatic carbocycles. The summed E-state index contributed by atoms with van der Waals surface area (Å²) in [7, 11) is 1.66. The Kier molecular flexibility index (Phi) is 5.99. The molecule has 182 valence electrons. The van der Waals surface area contributed by atoms with Crippen LogP contribution < -0.4 is 14.6 Å². The molecule has 6 rings (SSSR count). The first-order valence-electron chi connectivity index (χ1n) is 12.2. The maximum absolute atomic E-state index is 13.8. The Balaban J connectivity index is 1.47. The van der Waals surface area contributed by atoms with Crippen molar-refractivity contribution in [2.45, 2.75) is 12.5 Å². The van der Waals surface area contributed by atoms with Crippen LogP contribution in [0.4, 0.5) is 15.9 Å². The number of anilines is 2. The van der Waals surface area contributed by atoms with Gasteiger partial charge < -0.3 is 14.4 Å². The number of nitrogens with zero attached hydrogens (tertiary/aromatic N) is 4. The van der Waals surface area contributed by atoms with Gasteiger partial charge in [0, 0.05) is 30.5 Å². The van der Waals surface area contributed by atoms with Crippen LogP contribution >= 0.6 is 0 Å². The number of fused-ring (bicyclic) bond motifs is 1. The Hall–Kier alpha value is -3.97. The standard InChI is InChI=1S/C29H27FN4O2/c1-35-24-12-6-20(7-13-24)27-19-28(34(32-27)23-10-8-22(30)9-11-23)25-18-21-4-2-3-5-26(21)31-29(25)33-14-16-36-17-15-33/h2-13,18,28H,14-17,19H2,1H3. The van der Waals surface area contributed by atoms with Gasteiger partial charge in [-0.2, -0.15) is 5.10 Å². The second-order valence-corrected chi connectivity index (χ2v) is 9.01. The molecule has 3 heterocycles. The molecule has 1 atom stereocenters. The zero-order chi connectivity index (χ0) is 24.5. The van der Waals surface area contributed by atoms with Gasteiger partial charge >= 0.3 is 0 Å². The van der Waals surface area contributed by atoms with Crippen LogP contribution in [-0.4, -0.2) is 44.1 Å². The SMILES string of the molecule is COc1ccc(C2=NN(c3ccc(F)cc3)C(c3cc4ccccc4nc3N3CCOCC3)C2)cc1. The minimum absolute atomic E-state index is 0.0949. The summed E-state index contributed by atoms with van der Waals surface area (Å²) in [5, 5.41) is 8.15. The van der Waals surface area contributed by atoms with E-state index in [0.717, 1.165) is 58.1 Å². The van der Waals surface area contributed by atoms with Crippen LogP contribution in [0.5, 0.6) is 5.75 Å². The van der Waals surface area contributed by atoms with E-state index in [1.807, 2.05) is 41.4 Å². The lowest BCUT2D eigenvalue weighted by atomic mass is 9.96. The van der Waals surface area contributed by atoms with Crippen LogP contribution in [0.2, 0.25) is 0 Å². The number of ether oxygens (including phenoxy) is 2. The molecule has 1 aromatic heterocycles. The second kappa shape index (κ2) is 9.59. The first-order valence-corrected chi connectivity index (χ1v) is 12.2. The molecular weight excluding hydrogens is 455 g/mol. The third-order valence-corrected chi connectivity index (χ3v) is 6.83. The molecule has 7 heteroatoms. The van der Waals surface area contributed by atoms with Crippen molar-refractivity contribution in [1.82, 2.24) is 4.98 Å². The van der Waals surface area contributed by atoms with Gasteiger partial charge in [0.1, 0.15) is 17.4 Å².